The lowest BCUT2D eigenvalue weighted by molar-refractivity contribution is 0.910. The van der Waals surface area contributed by atoms with Crippen molar-refractivity contribution in [2.75, 3.05) is 0 Å². The molecule has 0 radical (unpaired) electrons. The van der Waals surface area contributed by atoms with Crippen LogP contribution in [0.15, 0.2) is 63.0 Å². The summed E-state index contributed by atoms with van der Waals surface area (Å²) >= 11 is 13.1. The molecule has 1 aliphatic rings. The molecule has 3 aromatic heterocycles. The third-order valence-electron chi connectivity index (χ3n) is 5.69. The van der Waals surface area contributed by atoms with E-state index < -0.39 is 0 Å². The van der Waals surface area contributed by atoms with Gasteiger partial charge < -0.3 is 0 Å². The van der Waals surface area contributed by atoms with Gasteiger partial charge in [0.25, 0.3) is 5.56 Å². The summed E-state index contributed by atoms with van der Waals surface area (Å²) in [5, 5.41) is 11.1. The van der Waals surface area contributed by atoms with Gasteiger partial charge in [0, 0.05) is 20.1 Å². The summed E-state index contributed by atoms with van der Waals surface area (Å²) in [5.41, 5.74) is 3.03. The smallest absolute Gasteiger partial charge is 0.268 e. The van der Waals surface area contributed by atoms with Gasteiger partial charge >= 0.3 is 0 Å². The Morgan fingerprint density at radius 2 is 1.97 bits per heavy atom. The minimum absolute atomic E-state index is 0.0500. The standard InChI is InChI=1S/C23H16BrClN4OS2/c24-14-9-7-13(8-10-14)12-31-23-27-26-22-28(16-4-1-3-15(25)11-16)20(30)19-17-5-2-6-18(17)32-21(19)29(22)23/h1,3-4,7-11H,2,5-6,12H2. The molecule has 0 N–H and O–H groups in total. The monoisotopic (exact) mass is 542 g/mol. The molecule has 9 heteroatoms. The summed E-state index contributed by atoms with van der Waals surface area (Å²) in [5.74, 6) is 1.28. The first kappa shape index (κ1) is 20.5. The van der Waals surface area contributed by atoms with E-state index in [9.17, 15) is 4.79 Å². The number of thioether (sulfide) groups is 1. The highest BCUT2D eigenvalue weighted by atomic mass is 79.9. The summed E-state index contributed by atoms with van der Waals surface area (Å²) in [6, 6.07) is 15.6. The zero-order valence-corrected chi connectivity index (χ0v) is 20.7. The molecule has 0 unspecified atom stereocenters. The molecule has 2 aromatic carbocycles. The van der Waals surface area contributed by atoms with E-state index in [4.69, 9.17) is 11.6 Å². The van der Waals surface area contributed by atoms with Gasteiger partial charge in [-0.25, -0.2) is 8.97 Å². The van der Waals surface area contributed by atoms with Gasteiger partial charge in [-0.3, -0.25) is 4.79 Å². The number of aromatic nitrogens is 4. The topological polar surface area (TPSA) is 52.2 Å². The fraction of sp³-hybridized carbons (Fsp3) is 0.174. The zero-order valence-electron chi connectivity index (χ0n) is 16.7. The number of thiophene rings is 1. The van der Waals surface area contributed by atoms with Crippen LogP contribution in [0.2, 0.25) is 5.02 Å². The van der Waals surface area contributed by atoms with Crippen molar-refractivity contribution in [3.8, 4) is 5.69 Å². The number of hydrogen-bond donors (Lipinski definition) is 0. The molecule has 0 saturated carbocycles. The third-order valence-corrected chi connectivity index (χ3v) is 8.73. The van der Waals surface area contributed by atoms with E-state index in [-0.39, 0.29) is 5.56 Å². The second-order valence-electron chi connectivity index (χ2n) is 7.69. The molecule has 6 rings (SSSR count). The van der Waals surface area contributed by atoms with Crippen LogP contribution in [0.1, 0.15) is 22.4 Å². The molecule has 32 heavy (non-hydrogen) atoms. The van der Waals surface area contributed by atoms with Crippen molar-refractivity contribution in [1.82, 2.24) is 19.2 Å². The second kappa shape index (κ2) is 8.02. The summed E-state index contributed by atoms with van der Waals surface area (Å²) in [6.07, 6.45) is 3.06. The van der Waals surface area contributed by atoms with Gasteiger partial charge in [0.1, 0.15) is 4.83 Å². The van der Waals surface area contributed by atoms with E-state index >= 15 is 0 Å². The summed E-state index contributed by atoms with van der Waals surface area (Å²) in [4.78, 5) is 16.0. The van der Waals surface area contributed by atoms with Crippen molar-refractivity contribution in [2.24, 2.45) is 0 Å². The molecular formula is C23H16BrClN4OS2. The lowest BCUT2D eigenvalue weighted by Crippen LogP contribution is -2.21. The number of benzene rings is 2. The molecule has 0 spiro atoms. The molecular weight excluding hydrogens is 528 g/mol. The summed E-state index contributed by atoms with van der Waals surface area (Å²) in [7, 11) is 0. The Morgan fingerprint density at radius 1 is 1.12 bits per heavy atom. The maximum Gasteiger partial charge on any atom is 0.268 e. The average Bonchev–Trinajstić information content (AvgIpc) is 3.48. The number of halogens is 2. The van der Waals surface area contributed by atoms with Crippen LogP contribution in [0.3, 0.4) is 0 Å². The second-order valence-corrected chi connectivity index (χ2v) is 11.1. The van der Waals surface area contributed by atoms with Crippen LogP contribution in [-0.4, -0.2) is 19.2 Å². The Balaban J connectivity index is 1.58. The molecule has 3 heterocycles. The lowest BCUT2D eigenvalue weighted by atomic mass is 10.2. The van der Waals surface area contributed by atoms with Crippen molar-refractivity contribution in [1.29, 1.82) is 0 Å². The fourth-order valence-electron chi connectivity index (χ4n) is 4.23. The molecule has 0 atom stereocenters. The predicted octanol–water partition coefficient (Wildman–Crippen LogP) is 6.29. The van der Waals surface area contributed by atoms with Crippen LogP contribution in [0.25, 0.3) is 21.7 Å². The van der Waals surface area contributed by atoms with Crippen LogP contribution in [0.4, 0.5) is 0 Å². The van der Waals surface area contributed by atoms with E-state index in [0.29, 0.717) is 16.5 Å². The number of aryl methyl sites for hydroxylation is 2. The Kier molecular flexibility index (Phi) is 5.13. The van der Waals surface area contributed by atoms with E-state index in [1.54, 1.807) is 39.8 Å². The molecule has 5 nitrogen and oxygen atoms in total. The minimum Gasteiger partial charge on any atom is -0.268 e. The first-order chi connectivity index (χ1) is 15.6. The summed E-state index contributed by atoms with van der Waals surface area (Å²) < 4.78 is 4.75. The van der Waals surface area contributed by atoms with Gasteiger partial charge in [0.2, 0.25) is 5.78 Å². The van der Waals surface area contributed by atoms with Gasteiger partial charge in [-0.1, -0.05) is 57.5 Å². The Morgan fingerprint density at radius 3 is 2.78 bits per heavy atom. The number of fused-ring (bicyclic) bond motifs is 5. The summed E-state index contributed by atoms with van der Waals surface area (Å²) in [6.45, 7) is 0. The SMILES string of the molecule is O=c1c2c3c(sc2n2c(SCc4ccc(Br)cc4)nnc2n1-c1cccc(Cl)c1)CCC3. The Bertz CT molecular complexity index is 1550. The van der Waals surface area contributed by atoms with Crippen molar-refractivity contribution in [2.45, 2.75) is 30.2 Å². The number of hydrogen-bond acceptors (Lipinski definition) is 5. The molecule has 0 fully saturated rings. The van der Waals surface area contributed by atoms with Crippen molar-refractivity contribution in [3.05, 3.63) is 84.4 Å². The molecule has 160 valence electrons. The normalized spacial score (nSPS) is 13.3. The molecule has 5 aromatic rings. The van der Waals surface area contributed by atoms with E-state index in [1.165, 1.54) is 16.0 Å². The highest BCUT2D eigenvalue weighted by molar-refractivity contribution is 9.10. The molecule has 0 bridgehead atoms. The number of rotatable bonds is 4. The van der Waals surface area contributed by atoms with E-state index in [0.717, 1.165) is 44.9 Å². The van der Waals surface area contributed by atoms with Crippen LogP contribution in [0.5, 0.6) is 0 Å². The maximum atomic E-state index is 13.7. The van der Waals surface area contributed by atoms with Crippen LogP contribution >= 0.6 is 50.6 Å². The molecule has 1 aliphatic carbocycles. The minimum atomic E-state index is -0.0500. The average molecular weight is 544 g/mol. The third kappa shape index (κ3) is 3.32. The zero-order chi connectivity index (χ0) is 21.8. The molecule has 0 saturated heterocycles. The van der Waals surface area contributed by atoms with Gasteiger partial charge in [-0.2, -0.15) is 0 Å². The Labute approximate surface area is 205 Å². The van der Waals surface area contributed by atoms with Crippen molar-refractivity contribution < 1.29 is 0 Å². The van der Waals surface area contributed by atoms with E-state index in [1.807, 2.05) is 28.7 Å². The number of nitrogens with zero attached hydrogens (tertiary/aromatic N) is 4. The predicted molar refractivity (Wildman–Crippen MR) is 135 cm³/mol. The van der Waals surface area contributed by atoms with Crippen molar-refractivity contribution >= 4 is 66.6 Å². The van der Waals surface area contributed by atoms with Crippen molar-refractivity contribution in [3.63, 3.8) is 0 Å². The molecule has 0 aliphatic heterocycles. The van der Waals surface area contributed by atoms with Crippen LogP contribution < -0.4 is 5.56 Å². The highest BCUT2D eigenvalue weighted by Crippen LogP contribution is 2.38. The van der Waals surface area contributed by atoms with Gasteiger partial charge in [0.05, 0.1) is 11.1 Å². The fourth-order valence-corrected chi connectivity index (χ4v) is 7.00. The van der Waals surface area contributed by atoms with Crippen LogP contribution in [0, 0.1) is 0 Å². The maximum absolute atomic E-state index is 13.7. The van der Waals surface area contributed by atoms with Gasteiger partial charge in [0.15, 0.2) is 5.16 Å². The first-order valence-electron chi connectivity index (χ1n) is 10.2. The van der Waals surface area contributed by atoms with Gasteiger partial charge in [-0.05, 0) is 60.7 Å². The van der Waals surface area contributed by atoms with Gasteiger partial charge in [-0.15, -0.1) is 21.5 Å². The first-order valence-corrected chi connectivity index (χ1v) is 13.1. The molecule has 0 amide bonds. The quantitative estimate of drug-likeness (QED) is 0.250. The largest absolute Gasteiger partial charge is 0.268 e. The van der Waals surface area contributed by atoms with E-state index in [2.05, 4.69) is 38.3 Å². The highest BCUT2D eigenvalue weighted by Gasteiger charge is 2.26. The lowest BCUT2D eigenvalue weighted by Gasteiger charge is -2.10. The Hall–Kier alpha value is -2.13. The van der Waals surface area contributed by atoms with Crippen LogP contribution in [-0.2, 0) is 18.6 Å².